The lowest BCUT2D eigenvalue weighted by molar-refractivity contribution is -0.137. The molecular weight excluding hydrogens is 409 g/mol. The van der Waals surface area contributed by atoms with Crippen LogP contribution in [0.1, 0.15) is 63.1 Å². The van der Waals surface area contributed by atoms with Crippen LogP contribution in [0.4, 0.5) is 0 Å². The molecule has 7 heteroatoms. The number of amides is 1. The van der Waals surface area contributed by atoms with E-state index >= 15 is 0 Å². The predicted octanol–water partition coefficient (Wildman–Crippen LogP) is 4.97. The van der Waals surface area contributed by atoms with Crippen molar-refractivity contribution < 1.29 is 9.21 Å². The minimum atomic E-state index is -0.0330. The highest BCUT2D eigenvalue weighted by Gasteiger charge is 2.37. The van der Waals surface area contributed by atoms with Gasteiger partial charge in [0, 0.05) is 24.6 Å². The molecule has 29 heavy (non-hydrogen) atoms. The molecule has 0 radical (unpaired) electrons. The zero-order valence-electron chi connectivity index (χ0n) is 17.1. The first-order chi connectivity index (χ1) is 13.1. The van der Waals surface area contributed by atoms with E-state index in [1.54, 1.807) is 0 Å². The van der Waals surface area contributed by atoms with E-state index < -0.39 is 0 Å². The number of carbonyl (C=O) groups is 1. The number of halogens is 2. The van der Waals surface area contributed by atoms with Gasteiger partial charge in [0.15, 0.2) is 0 Å². The van der Waals surface area contributed by atoms with Gasteiger partial charge in [-0.1, -0.05) is 44.2 Å². The Kier molecular flexibility index (Phi) is 8.56. The molecule has 1 aromatic carbocycles. The second-order valence-electron chi connectivity index (χ2n) is 8.02. The lowest BCUT2D eigenvalue weighted by Crippen LogP contribution is -2.42. The summed E-state index contributed by atoms with van der Waals surface area (Å²) in [7, 11) is 0. The monoisotopic (exact) mass is 439 g/mol. The summed E-state index contributed by atoms with van der Waals surface area (Å²) in [5, 5.41) is 3.36. The van der Waals surface area contributed by atoms with Crippen LogP contribution < -0.4 is 5.32 Å². The molecule has 2 saturated heterocycles. The normalized spacial score (nSPS) is 21.6. The third kappa shape index (κ3) is 4.96. The lowest BCUT2D eigenvalue weighted by Gasteiger charge is -2.29. The molecule has 4 rings (SSSR count). The van der Waals surface area contributed by atoms with Crippen molar-refractivity contribution in [3.05, 3.63) is 42.0 Å². The molecular formula is C22H31Cl2N3O2. The molecule has 0 aliphatic carbocycles. The summed E-state index contributed by atoms with van der Waals surface area (Å²) in [4.78, 5) is 20.0. The van der Waals surface area contributed by atoms with Crippen molar-refractivity contribution in [1.82, 2.24) is 15.2 Å². The van der Waals surface area contributed by atoms with Crippen LogP contribution in [0.3, 0.4) is 0 Å². The second-order valence-corrected chi connectivity index (χ2v) is 8.02. The highest BCUT2D eigenvalue weighted by molar-refractivity contribution is 5.85. The van der Waals surface area contributed by atoms with E-state index in [-0.39, 0.29) is 48.6 Å². The molecule has 0 spiro atoms. The number of oxazole rings is 1. The Morgan fingerprint density at radius 1 is 1.17 bits per heavy atom. The van der Waals surface area contributed by atoms with Crippen molar-refractivity contribution in [3.8, 4) is 11.3 Å². The quantitative estimate of drug-likeness (QED) is 0.729. The number of nitrogens with one attached hydrogen (secondary N) is 1. The largest absolute Gasteiger partial charge is 0.442 e. The lowest BCUT2D eigenvalue weighted by atomic mass is 9.98. The average molecular weight is 440 g/mol. The molecule has 2 aliphatic heterocycles. The fraction of sp³-hybridized carbons (Fsp3) is 0.545. The smallest absolute Gasteiger partial charge is 0.227 e. The van der Waals surface area contributed by atoms with E-state index in [0.29, 0.717) is 5.89 Å². The van der Waals surface area contributed by atoms with Crippen LogP contribution in [0, 0.1) is 5.92 Å². The van der Waals surface area contributed by atoms with Crippen LogP contribution in [-0.2, 0) is 4.79 Å². The van der Waals surface area contributed by atoms with Gasteiger partial charge < -0.3 is 14.6 Å². The summed E-state index contributed by atoms with van der Waals surface area (Å²) in [6, 6.07) is 10.2. The van der Waals surface area contributed by atoms with Gasteiger partial charge in [-0.05, 0) is 32.2 Å². The molecule has 2 unspecified atom stereocenters. The Labute approximate surface area is 185 Å². The van der Waals surface area contributed by atoms with Crippen LogP contribution >= 0.6 is 24.8 Å². The maximum absolute atomic E-state index is 13.1. The molecule has 160 valence electrons. The van der Waals surface area contributed by atoms with Gasteiger partial charge in [0.1, 0.15) is 17.5 Å². The van der Waals surface area contributed by atoms with Crippen LogP contribution in [-0.4, -0.2) is 35.4 Å². The number of likely N-dealkylation sites (tertiary alicyclic amines) is 1. The molecule has 2 fully saturated rings. The van der Waals surface area contributed by atoms with Gasteiger partial charge in [0.2, 0.25) is 11.8 Å². The molecule has 1 aromatic heterocycles. The van der Waals surface area contributed by atoms with E-state index in [1.807, 2.05) is 23.1 Å². The van der Waals surface area contributed by atoms with Crippen molar-refractivity contribution in [2.75, 3.05) is 19.6 Å². The predicted molar refractivity (Wildman–Crippen MR) is 120 cm³/mol. The molecule has 1 amide bonds. The molecule has 2 atom stereocenters. The summed E-state index contributed by atoms with van der Waals surface area (Å²) in [5.41, 5.74) is 1.99. The van der Waals surface area contributed by atoms with E-state index in [0.717, 1.165) is 62.3 Å². The fourth-order valence-corrected chi connectivity index (χ4v) is 4.27. The molecule has 1 N–H and O–H groups in total. The Balaban J connectivity index is 0.00000150. The first kappa shape index (κ1) is 23.7. The van der Waals surface area contributed by atoms with E-state index in [9.17, 15) is 4.79 Å². The fourth-order valence-electron chi connectivity index (χ4n) is 4.27. The highest BCUT2D eigenvalue weighted by atomic mass is 35.5. The first-order valence-corrected chi connectivity index (χ1v) is 10.2. The number of piperidine rings is 1. The second kappa shape index (κ2) is 10.5. The zero-order valence-corrected chi connectivity index (χ0v) is 18.7. The molecule has 5 nitrogen and oxygen atoms in total. The number of aromatic nitrogens is 1. The summed E-state index contributed by atoms with van der Waals surface area (Å²) in [6.07, 6.45) is 3.99. The molecule has 2 aliphatic rings. The van der Waals surface area contributed by atoms with Gasteiger partial charge in [-0.2, -0.15) is 0 Å². The summed E-state index contributed by atoms with van der Waals surface area (Å²) in [6.45, 7) is 6.87. The van der Waals surface area contributed by atoms with Gasteiger partial charge in [-0.15, -0.1) is 24.8 Å². The van der Waals surface area contributed by atoms with Gasteiger partial charge >= 0.3 is 0 Å². The maximum atomic E-state index is 13.1. The van der Waals surface area contributed by atoms with Crippen molar-refractivity contribution in [1.29, 1.82) is 0 Å². The number of hydrogen-bond donors (Lipinski definition) is 1. The molecule has 3 heterocycles. The van der Waals surface area contributed by atoms with Crippen molar-refractivity contribution in [3.63, 3.8) is 0 Å². The molecule has 2 aromatic rings. The number of hydrogen-bond acceptors (Lipinski definition) is 4. The van der Waals surface area contributed by atoms with Gasteiger partial charge in [-0.25, -0.2) is 4.98 Å². The first-order valence-electron chi connectivity index (χ1n) is 10.2. The maximum Gasteiger partial charge on any atom is 0.227 e. The third-order valence-electron chi connectivity index (χ3n) is 5.71. The van der Waals surface area contributed by atoms with Crippen molar-refractivity contribution in [2.45, 2.75) is 51.5 Å². The van der Waals surface area contributed by atoms with Crippen LogP contribution in [0.2, 0.25) is 0 Å². The Bertz CT molecular complexity index is 789. The number of carbonyl (C=O) groups excluding carboxylic acids is 1. The standard InChI is InChI=1S/C22H29N3O2.2ClH/c1-15(2)20-19(16-8-4-3-5-9-16)24-21(27-20)18-11-7-13-25(18)22(26)17-10-6-12-23-14-17;;/h3-5,8-9,15,17-18,23H,6-7,10-14H2,1-2H3;2*1H. The van der Waals surface area contributed by atoms with Gasteiger partial charge in [-0.3, -0.25) is 4.79 Å². The van der Waals surface area contributed by atoms with Gasteiger partial charge in [0.05, 0.1) is 5.92 Å². The van der Waals surface area contributed by atoms with Crippen LogP contribution in [0.5, 0.6) is 0 Å². The third-order valence-corrected chi connectivity index (χ3v) is 5.71. The highest BCUT2D eigenvalue weighted by Crippen LogP contribution is 2.38. The van der Waals surface area contributed by atoms with E-state index in [2.05, 4.69) is 31.3 Å². The summed E-state index contributed by atoms with van der Waals surface area (Å²) >= 11 is 0. The molecule has 0 bridgehead atoms. The minimum absolute atomic E-state index is 0. The van der Waals surface area contributed by atoms with Gasteiger partial charge in [0.25, 0.3) is 0 Å². The Morgan fingerprint density at radius 2 is 1.93 bits per heavy atom. The zero-order chi connectivity index (χ0) is 18.8. The van der Waals surface area contributed by atoms with Crippen LogP contribution in [0.15, 0.2) is 34.7 Å². The van der Waals surface area contributed by atoms with Crippen molar-refractivity contribution in [2.24, 2.45) is 5.92 Å². The SMILES string of the molecule is CC(C)c1oc(C2CCCN2C(=O)C2CCCNC2)nc1-c1ccccc1.Cl.Cl. The van der Waals surface area contributed by atoms with E-state index in [4.69, 9.17) is 9.40 Å². The van der Waals surface area contributed by atoms with E-state index in [1.165, 1.54) is 0 Å². The number of rotatable bonds is 4. The number of nitrogens with zero attached hydrogens (tertiary/aromatic N) is 2. The van der Waals surface area contributed by atoms with Crippen LogP contribution in [0.25, 0.3) is 11.3 Å². The average Bonchev–Trinajstić information content (AvgIpc) is 3.36. The van der Waals surface area contributed by atoms with Crippen molar-refractivity contribution >= 4 is 30.7 Å². The Morgan fingerprint density at radius 3 is 2.59 bits per heavy atom. The summed E-state index contributed by atoms with van der Waals surface area (Å²) in [5.74, 6) is 2.21. The minimum Gasteiger partial charge on any atom is -0.442 e. The number of benzene rings is 1. The topological polar surface area (TPSA) is 58.4 Å². The Hall–Kier alpha value is -1.56. The summed E-state index contributed by atoms with van der Waals surface area (Å²) < 4.78 is 6.26. The molecule has 0 saturated carbocycles.